The van der Waals surface area contributed by atoms with Crippen LogP contribution in [0.5, 0.6) is 0 Å². The molecule has 0 atom stereocenters. The Balaban J connectivity index is 1.07. The van der Waals surface area contributed by atoms with Gasteiger partial charge in [-0.05, 0) is 137 Å². The second-order valence-electron chi connectivity index (χ2n) is 20.8. The van der Waals surface area contributed by atoms with E-state index in [4.69, 9.17) is 8.83 Å². The SMILES string of the molecule is Cc1ccccc1N(c1ccc2c(c1)-c1cc(N(c3ccccc3C)c3cccc4c3oc3c(C(F)(F)F)cccc34)ccc1C21c2ccccc2C(C)(C)c2ccccc21)c1cccc2c1oc1c(C)cccc12. The van der Waals surface area contributed by atoms with Crippen LogP contribution in [0.3, 0.4) is 0 Å². The molecule has 0 N–H and O–H groups in total. The maximum absolute atomic E-state index is 14.7. The van der Waals surface area contributed by atoms with E-state index in [-0.39, 0.29) is 11.0 Å². The number of halogens is 3. The lowest BCUT2D eigenvalue weighted by Crippen LogP contribution is -2.40. The lowest BCUT2D eigenvalue weighted by atomic mass is 9.55. The van der Waals surface area contributed by atoms with Gasteiger partial charge in [-0.1, -0.05) is 166 Å². The normalized spacial score (nSPS) is 14.1. The molecule has 2 heterocycles. The molecule has 4 nitrogen and oxygen atoms in total. The van der Waals surface area contributed by atoms with Crippen LogP contribution in [0.1, 0.15) is 69.5 Å². The van der Waals surface area contributed by atoms with Gasteiger partial charge >= 0.3 is 6.18 Å². The van der Waals surface area contributed by atoms with E-state index in [1.165, 1.54) is 28.3 Å². The lowest BCUT2D eigenvalue weighted by Gasteiger charge is -2.46. The van der Waals surface area contributed by atoms with Crippen LogP contribution in [0, 0.1) is 20.8 Å². The van der Waals surface area contributed by atoms with Crippen LogP contribution in [0.4, 0.5) is 47.3 Å². The summed E-state index contributed by atoms with van der Waals surface area (Å²) in [7, 11) is 0. The van der Waals surface area contributed by atoms with Gasteiger partial charge in [0.15, 0.2) is 11.2 Å². The molecule has 14 rings (SSSR count). The molecule has 0 unspecified atom stereocenters. The highest BCUT2D eigenvalue weighted by molar-refractivity contribution is 6.13. The Kier molecular flexibility index (Phi) is 9.63. The van der Waals surface area contributed by atoms with E-state index in [1.54, 1.807) is 6.07 Å². The first-order valence-electron chi connectivity index (χ1n) is 25.5. The first-order valence-corrected chi connectivity index (χ1v) is 25.5. The number of fused-ring (bicyclic) bond motifs is 15. The highest BCUT2D eigenvalue weighted by Crippen LogP contribution is 2.64. The number of nitrogens with zero attached hydrogens (tertiary/aromatic N) is 2. The molecule has 12 aromatic rings. The first-order chi connectivity index (χ1) is 36.4. The summed E-state index contributed by atoms with van der Waals surface area (Å²) in [4.78, 5) is 4.49. The quantitative estimate of drug-likeness (QED) is 0.166. The predicted molar refractivity (Wildman–Crippen MR) is 299 cm³/mol. The van der Waals surface area contributed by atoms with Crippen molar-refractivity contribution in [2.45, 2.75) is 51.6 Å². The average Bonchev–Trinajstić information content (AvgIpc) is 4.33. The van der Waals surface area contributed by atoms with E-state index in [2.05, 4.69) is 202 Å². The van der Waals surface area contributed by atoms with Gasteiger partial charge in [0.25, 0.3) is 0 Å². The summed E-state index contributed by atoms with van der Waals surface area (Å²) in [6.45, 7) is 11.0. The summed E-state index contributed by atoms with van der Waals surface area (Å²) < 4.78 is 57.3. The second kappa shape index (κ2) is 16.1. The number of anilines is 6. The maximum atomic E-state index is 14.7. The van der Waals surface area contributed by atoms with Gasteiger partial charge in [0.05, 0.1) is 22.4 Å². The van der Waals surface area contributed by atoms with Crippen molar-refractivity contribution >= 4 is 78.0 Å². The molecule has 0 saturated heterocycles. The van der Waals surface area contributed by atoms with Gasteiger partial charge < -0.3 is 18.6 Å². The molecule has 0 amide bonds. The average molecular weight is 983 g/mol. The Bertz CT molecular complexity index is 4300. The van der Waals surface area contributed by atoms with Crippen molar-refractivity contribution in [1.29, 1.82) is 0 Å². The third-order valence-electron chi connectivity index (χ3n) is 16.3. The summed E-state index contributed by atoms with van der Waals surface area (Å²) in [5.74, 6) is 0. The largest absolute Gasteiger partial charge is 0.454 e. The molecule has 1 spiro atoms. The predicted octanol–water partition coefficient (Wildman–Crippen LogP) is 19.4. The van der Waals surface area contributed by atoms with E-state index < -0.39 is 17.2 Å². The number of hydrogen-bond donors (Lipinski definition) is 0. The van der Waals surface area contributed by atoms with Gasteiger partial charge in [0, 0.05) is 49.7 Å². The zero-order chi connectivity index (χ0) is 51.1. The lowest BCUT2D eigenvalue weighted by molar-refractivity contribution is -0.136. The molecule has 2 aromatic heterocycles. The van der Waals surface area contributed by atoms with Gasteiger partial charge in [0.2, 0.25) is 0 Å². The Morgan fingerprint density at radius 3 is 1.24 bits per heavy atom. The fourth-order valence-electron chi connectivity index (χ4n) is 12.9. The molecule has 0 aliphatic heterocycles. The van der Waals surface area contributed by atoms with Crippen molar-refractivity contribution in [3.8, 4) is 11.1 Å². The summed E-state index contributed by atoms with van der Waals surface area (Å²) in [5.41, 5.74) is 17.9. The molecule has 2 aliphatic carbocycles. The Labute approximate surface area is 432 Å². The van der Waals surface area contributed by atoms with Crippen LogP contribution in [0.25, 0.3) is 55.0 Å². The van der Waals surface area contributed by atoms with E-state index in [0.717, 1.165) is 95.4 Å². The van der Waals surface area contributed by atoms with E-state index in [1.807, 2.05) is 30.3 Å². The number of para-hydroxylation sites is 6. The monoisotopic (exact) mass is 982 g/mol. The zero-order valence-corrected chi connectivity index (χ0v) is 42.0. The van der Waals surface area contributed by atoms with Crippen molar-refractivity contribution in [3.63, 3.8) is 0 Å². The molecule has 364 valence electrons. The standard InChI is InChI=1S/C68H49F3N2O2/c1-40-18-6-12-30-58(40)72(60-32-16-23-47-45-21-14-20-42(3)62(45)74-64(47)60)43-34-36-51-49(38-43)50-39-44(35-37-52(50)67(51)55-27-10-8-25-53(55)66(4,5)54-26-9-11-28-56(54)67)73(59-31-13-7-19-41(59)2)61-33-17-24-48-46-22-15-29-57(68(69,70)71)63(46)75-65(48)61/h6-39H,1-5H3. The van der Waals surface area contributed by atoms with Crippen LogP contribution < -0.4 is 9.80 Å². The minimum atomic E-state index is -4.61. The van der Waals surface area contributed by atoms with Gasteiger partial charge in [0.1, 0.15) is 11.2 Å². The summed E-state index contributed by atoms with van der Waals surface area (Å²) in [6.07, 6.45) is -4.61. The van der Waals surface area contributed by atoms with E-state index >= 15 is 0 Å². The first kappa shape index (κ1) is 44.9. The second-order valence-corrected chi connectivity index (χ2v) is 20.8. The van der Waals surface area contributed by atoms with Gasteiger partial charge in [-0.15, -0.1) is 0 Å². The Morgan fingerprint density at radius 1 is 0.360 bits per heavy atom. The van der Waals surface area contributed by atoms with Crippen LogP contribution in [0.2, 0.25) is 0 Å². The molecular formula is C68H49F3N2O2. The zero-order valence-electron chi connectivity index (χ0n) is 42.0. The van der Waals surface area contributed by atoms with Crippen LogP contribution in [-0.2, 0) is 17.0 Å². The van der Waals surface area contributed by atoms with E-state index in [0.29, 0.717) is 22.0 Å². The van der Waals surface area contributed by atoms with Crippen molar-refractivity contribution in [1.82, 2.24) is 0 Å². The number of alkyl halides is 3. The third kappa shape index (κ3) is 6.30. The van der Waals surface area contributed by atoms with Gasteiger partial charge in [-0.25, -0.2) is 0 Å². The molecule has 0 fully saturated rings. The maximum Gasteiger partial charge on any atom is 0.420 e. The third-order valence-corrected chi connectivity index (χ3v) is 16.3. The van der Waals surface area contributed by atoms with Crippen molar-refractivity contribution < 1.29 is 22.0 Å². The molecule has 0 radical (unpaired) electrons. The van der Waals surface area contributed by atoms with Crippen molar-refractivity contribution in [2.24, 2.45) is 0 Å². The van der Waals surface area contributed by atoms with Crippen molar-refractivity contribution in [2.75, 3.05) is 9.80 Å². The van der Waals surface area contributed by atoms with Crippen LogP contribution >= 0.6 is 0 Å². The highest BCUT2D eigenvalue weighted by atomic mass is 19.4. The molecule has 75 heavy (non-hydrogen) atoms. The molecule has 0 bridgehead atoms. The number of benzene rings is 10. The summed E-state index contributed by atoms with van der Waals surface area (Å²) >= 11 is 0. The summed E-state index contributed by atoms with van der Waals surface area (Å²) in [6, 6.07) is 70.9. The summed E-state index contributed by atoms with van der Waals surface area (Å²) in [5, 5.41) is 3.13. The minimum Gasteiger partial charge on any atom is -0.454 e. The van der Waals surface area contributed by atoms with Crippen molar-refractivity contribution in [3.05, 3.63) is 262 Å². The fourth-order valence-corrected chi connectivity index (χ4v) is 12.9. The number of hydrogen-bond acceptors (Lipinski definition) is 4. The number of furan rings is 2. The minimum absolute atomic E-state index is 0.182. The van der Waals surface area contributed by atoms with E-state index in [9.17, 15) is 13.2 Å². The molecule has 0 saturated carbocycles. The van der Waals surface area contributed by atoms with Gasteiger partial charge in [-0.2, -0.15) is 13.2 Å². The highest BCUT2D eigenvalue weighted by Gasteiger charge is 2.53. The molecule has 7 heteroatoms. The number of rotatable bonds is 6. The fraction of sp³-hybridized carbons (Fsp3) is 0.118. The van der Waals surface area contributed by atoms with Crippen LogP contribution in [-0.4, -0.2) is 0 Å². The molecule has 2 aliphatic rings. The Morgan fingerprint density at radius 2 is 0.747 bits per heavy atom. The number of aryl methyl sites for hydroxylation is 3. The molecular weight excluding hydrogens is 934 g/mol. The topological polar surface area (TPSA) is 32.8 Å². The Hall–Kier alpha value is -8.81. The van der Waals surface area contributed by atoms with Gasteiger partial charge in [-0.3, -0.25) is 0 Å². The smallest absolute Gasteiger partial charge is 0.420 e. The molecule has 10 aromatic carbocycles. The van der Waals surface area contributed by atoms with Crippen LogP contribution in [0.15, 0.2) is 215 Å².